The summed E-state index contributed by atoms with van der Waals surface area (Å²) in [5, 5.41) is 10.3. The monoisotopic (exact) mass is 444 g/mol. The summed E-state index contributed by atoms with van der Waals surface area (Å²) in [4.78, 5) is 14.2. The maximum Gasteiger partial charge on any atom is 0.171 e. The van der Waals surface area contributed by atoms with Crippen LogP contribution in [0.2, 0.25) is 0 Å². The first-order valence-electron chi connectivity index (χ1n) is 13.7. The van der Waals surface area contributed by atoms with Crippen molar-refractivity contribution in [3.8, 4) is 0 Å². The minimum Gasteiger partial charge on any atom is -0.393 e. The van der Waals surface area contributed by atoms with E-state index in [2.05, 4.69) is 27.7 Å². The van der Waals surface area contributed by atoms with Crippen LogP contribution in [0.15, 0.2) is 0 Å². The van der Waals surface area contributed by atoms with Crippen molar-refractivity contribution in [1.29, 1.82) is 0 Å². The second kappa shape index (κ2) is 7.04. The van der Waals surface area contributed by atoms with Gasteiger partial charge in [0, 0.05) is 18.8 Å². The Morgan fingerprint density at radius 1 is 0.969 bits per heavy atom. The predicted molar refractivity (Wildman–Crippen MR) is 123 cm³/mol. The molecule has 2 spiro atoms. The van der Waals surface area contributed by atoms with Crippen LogP contribution in [0, 0.1) is 46.3 Å². The summed E-state index contributed by atoms with van der Waals surface area (Å²) in [6.07, 6.45) is 11.3. The predicted octanol–water partition coefficient (Wildman–Crippen LogP) is 5.51. The van der Waals surface area contributed by atoms with E-state index in [0.29, 0.717) is 41.3 Å². The van der Waals surface area contributed by atoms with Crippen LogP contribution in [0.1, 0.15) is 98.3 Å². The molecule has 0 amide bonds. The lowest BCUT2D eigenvalue weighted by Crippen LogP contribution is -2.61. The molecule has 1 N–H and O–H groups in total. The molecular weight excluding hydrogens is 400 g/mol. The van der Waals surface area contributed by atoms with E-state index in [0.717, 1.165) is 64.4 Å². The van der Waals surface area contributed by atoms with Gasteiger partial charge in [0.1, 0.15) is 5.78 Å². The van der Waals surface area contributed by atoms with Gasteiger partial charge in [-0.25, -0.2) is 0 Å². The van der Waals surface area contributed by atoms with Crippen molar-refractivity contribution in [1.82, 2.24) is 0 Å². The van der Waals surface area contributed by atoms with E-state index in [9.17, 15) is 9.90 Å². The van der Waals surface area contributed by atoms with Crippen LogP contribution >= 0.6 is 0 Å². The third kappa shape index (κ3) is 2.69. The summed E-state index contributed by atoms with van der Waals surface area (Å²) in [7, 11) is 0. The molecule has 6 rings (SSSR count). The summed E-state index contributed by atoms with van der Waals surface area (Å²) in [5.41, 5.74) is -0.474. The Morgan fingerprint density at radius 2 is 1.78 bits per heavy atom. The first-order valence-corrected chi connectivity index (χ1v) is 13.7. The number of aliphatic hydroxyl groups excluding tert-OH is 1. The van der Waals surface area contributed by atoms with Gasteiger partial charge in [-0.3, -0.25) is 4.79 Å². The molecule has 0 aromatic rings. The molecule has 180 valence electrons. The van der Waals surface area contributed by atoms with Gasteiger partial charge in [0.15, 0.2) is 5.79 Å². The van der Waals surface area contributed by atoms with Gasteiger partial charge < -0.3 is 14.6 Å². The Labute approximate surface area is 194 Å². The number of rotatable bonds is 0. The van der Waals surface area contributed by atoms with Crippen molar-refractivity contribution in [3.63, 3.8) is 0 Å². The van der Waals surface area contributed by atoms with Gasteiger partial charge in [0.2, 0.25) is 0 Å². The summed E-state index contributed by atoms with van der Waals surface area (Å²) in [6.45, 7) is 10.1. The van der Waals surface area contributed by atoms with Gasteiger partial charge in [0.25, 0.3) is 0 Å². The van der Waals surface area contributed by atoms with Crippen LogP contribution in [-0.4, -0.2) is 35.0 Å². The van der Waals surface area contributed by atoms with Crippen molar-refractivity contribution in [2.24, 2.45) is 46.3 Å². The maximum atomic E-state index is 14.2. The lowest BCUT2D eigenvalue weighted by Gasteiger charge is -2.61. The molecule has 32 heavy (non-hydrogen) atoms. The minimum atomic E-state index is -0.468. The number of fused-ring (bicyclic) bond motifs is 6. The summed E-state index contributed by atoms with van der Waals surface area (Å²) in [6, 6.07) is 0. The molecule has 4 heteroatoms. The summed E-state index contributed by atoms with van der Waals surface area (Å²) < 4.78 is 13.5. The highest BCUT2D eigenvalue weighted by Crippen LogP contribution is 2.71. The average Bonchev–Trinajstić information content (AvgIpc) is 3.20. The zero-order chi connectivity index (χ0) is 22.5. The Kier molecular flexibility index (Phi) is 4.85. The van der Waals surface area contributed by atoms with Crippen LogP contribution in [0.3, 0.4) is 0 Å². The van der Waals surface area contributed by atoms with E-state index in [4.69, 9.17) is 9.47 Å². The van der Waals surface area contributed by atoms with Gasteiger partial charge in [-0.1, -0.05) is 20.8 Å². The fourth-order valence-corrected chi connectivity index (χ4v) is 10.0. The molecule has 0 aromatic carbocycles. The third-order valence-electron chi connectivity index (χ3n) is 12.1. The first-order chi connectivity index (χ1) is 15.1. The number of ketones is 1. The van der Waals surface area contributed by atoms with Gasteiger partial charge in [-0.05, 0) is 99.7 Å². The molecule has 4 saturated carbocycles. The lowest BCUT2D eigenvalue weighted by atomic mass is 9.44. The highest BCUT2D eigenvalue weighted by Gasteiger charge is 2.73. The Hall–Kier alpha value is -0.450. The number of carbonyl (C=O) groups is 1. The first kappa shape index (κ1) is 22.0. The van der Waals surface area contributed by atoms with Gasteiger partial charge >= 0.3 is 0 Å². The van der Waals surface area contributed by atoms with Gasteiger partial charge in [-0.2, -0.15) is 0 Å². The summed E-state index contributed by atoms with van der Waals surface area (Å²) in [5.74, 6) is 3.12. The maximum absolute atomic E-state index is 14.2. The zero-order valence-corrected chi connectivity index (χ0v) is 20.7. The van der Waals surface area contributed by atoms with Gasteiger partial charge in [0.05, 0.1) is 23.7 Å². The SMILES string of the molecule is CC1CCC2(OC1)OC1(CCC3C4CC[C@H]5C[C@H](O)CC[C@]5(C)C4CC(=O)[C@@]31C)C[C@@H]2C. The normalized spacial score (nSPS) is 59.8. The molecule has 0 radical (unpaired) electrons. The number of ether oxygens (including phenoxy) is 2. The number of hydrogen-bond acceptors (Lipinski definition) is 4. The quantitative estimate of drug-likeness (QED) is 0.535. The minimum absolute atomic E-state index is 0.133. The van der Waals surface area contributed by atoms with Crippen molar-refractivity contribution in [2.75, 3.05) is 6.61 Å². The number of hydrogen-bond donors (Lipinski definition) is 1. The highest BCUT2D eigenvalue weighted by molar-refractivity contribution is 5.88. The van der Waals surface area contributed by atoms with E-state index >= 15 is 0 Å². The number of Topliss-reactive ketones (excluding diaryl/α,β-unsaturated/α-hetero) is 1. The van der Waals surface area contributed by atoms with E-state index in [1.807, 2.05) is 0 Å². The third-order valence-corrected chi connectivity index (χ3v) is 12.1. The molecule has 4 aliphatic carbocycles. The van der Waals surface area contributed by atoms with Crippen molar-refractivity contribution < 1.29 is 19.4 Å². The number of carbonyl (C=O) groups excluding carboxylic acids is 1. The largest absolute Gasteiger partial charge is 0.393 e. The molecule has 2 aliphatic heterocycles. The molecule has 2 heterocycles. The lowest BCUT2D eigenvalue weighted by molar-refractivity contribution is -0.301. The van der Waals surface area contributed by atoms with E-state index in [1.54, 1.807) is 0 Å². The van der Waals surface area contributed by atoms with Crippen LogP contribution in [0.25, 0.3) is 0 Å². The molecule has 0 aromatic heterocycles. The molecule has 6 fully saturated rings. The van der Waals surface area contributed by atoms with Crippen LogP contribution in [-0.2, 0) is 14.3 Å². The van der Waals surface area contributed by atoms with Crippen molar-refractivity contribution >= 4 is 5.78 Å². The number of aliphatic hydroxyl groups is 1. The van der Waals surface area contributed by atoms with Crippen LogP contribution in [0.5, 0.6) is 0 Å². The molecule has 6 unspecified atom stereocenters. The summed E-state index contributed by atoms with van der Waals surface area (Å²) >= 11 is 0. The van der Waals surface area contributed by atoms with E-state index < -0.39 is 5.79 Å². The standard InChI is InChI=1S/C28H44O4/c1-17-7-12-28(31-16-17)18(2)15-27(32-28)11-9-22-21-6-5-19-13-20(29)8-10-25(19,3)23(21)14-24(30)26(22,27)4/h17-23,29H,5-16H2,1-4H3/t17?,18-,19-,20+,21?,22?,23?,25-,26+,27?,28?/m0/s1. The van der Waals surface area contributed by atoms with Crippen molar-refractivity contribution in [3.05, 3.63) is 0 Å². The second-order valence-electron chi connectivity index (χ2n) is 13.4. The van der Waals surface area contributed by atoms with Crippen LogP contribution < -0.4 is 0 Å². The highest BCUT2D eigenvalue weighted by atomic mass is 16.7. The average molecular weight is 445 g/mol. The Balaban J connectivity index is 1.31. The van der Waals surface area contributed by atoms with Crippen molar-refractivity contribution in [2.45, 2.75) is 116 Å². The fraction of sp³-hybridized carbons (Fsp3) is 0.964. The molecular formula is C28H44O4. The fourth-order valence-electron chi connectivity index (χ4n) is 10.0. The second-order valence-corrected chi connectivity index (χ2v) is 13.4. The smallest absolute Gasteiger partial charge is 0.171 e. The molecule has 11 atom stereocenters. The zero-order valence-electron chi connectivity index (χ0n) is 20.7. The van der Waals surface area contributed by atoms with E-state index in [-0.39, 0.29) is 22.5 Å². The molecule has 6 aliphatic rings. The van der Waals surface area contributed by atoms with E-state index in [1.165, 1.54) is 12.8 Å². The Morgan fingerprint density at radius 3 is 2.53 bits per heavy atom. The topological polar surface area (TPSA) is 55.8 Å². The Bertz CT molecular complexity index is 786. The molecule has 0 bridgehead atoms. The molecule has 2 saturated heterocycles. The van der Waals surface area contributed by atoms with Crippen LogP contribution in [0.4, 0.5) is 0 Å². The molecule has 4 nitrogen and oxygen atoms in total. The van der Waals surface area contributed by atoms with Gasteiger partial charge in [-0.15, -0.1) is 0 Å².